The van der Waals surface area contributed by atoms with Crippen LogP contribution in [0.3, 0.4) is 0 Å². The van der Waals surface area contributed by atoms with Gasteiger partial charge in [-0.2, -0.15) is 0 Å². The van der Waals surface area contributed by atoms with Crippen LogP contribution in [0.4, 0.5) is 0 Å². The number of amides is 2. The van der Waals surface area contributed by atoms with Crippen molar-refractivity contribution in [2.45, 2.75) is 31.5 Å². The van der Waals surface area contributed by atoms with Gasteiger partial charge in [-0.05, 0) is 42.6 Å². The molecule has 5 rings (SSSR count). The van der Waals surface area contributed by atoms with Crippen molar-refractivity contribution in [1.29, 1.82) is 5.41 Å². The quantitative estimate of drug-likeness (QED) is 0.417. The summed E-state index contributed by atoms with van der Waals surface area (Å²) in [6.07, 6.45) is 1.98. The Labute approximate surface area is 192 Å². The van der Waals surface area contributed by atoms with Crippen LogP contribution in [0.1, 0.15) is 35.6 Å². The second kappa shape index (κ2) is 8.26. The molecular formula is C23H24Cl2N4O2. The van der Waals surface area contributed by atoms with Crippen molar-refractivity contribution < 1.29 is 9.59 Å². The third-order valence-corrected chi connectivity index (χ3v) is 7.01. The molecule has 162 valence electrons. The summed E-state index contributed by atoms with van der Waals surface area (Å²) in [5, 5.41) is 8.24. The number of fused-ring (bicyclic) bond motifs is 3. The van der Waals surface area contributed by atoms with Crippen LogP contribution in [-0.2, 0) is 16.1 Å². The Hall–Kier alpha value is -2.41. The average molecular weight is 459 g/mol. The first kappa shape index (κ1) is 21.8. The lowest BCUT2D eigenvalue weighted by molar-refractivity contribution is -0.142. The van der Waals surface area contributed by atoms with Crippen LogP contribution in [0.15, 0.2) is 48.5 Å². The Morgan fingerprint density at radius 1 is 1.03 bits per heavy atom. The Kier molecular flexibility index (Phi) is 5.81. The molecule has 3 aliphatic rings. The van der Waals surface area contributed by atoms with E-state index in [0.717, 1.165) is 30.5 Å². The van der Waals surface area contributed by atoms with Gasteiger partial charge in [0, 0.05) is 22.7 Å². The summed E-state index contributed by atoms with van der Waals surface area (Å²) >= 11 is 5.97. The van der Waals surface area contributed by atoms with Gasteiger partial charge in [0.25, 0.3) is 0 Å². The van der Waals surface area contributed by atoms with Crippen molar-refractivity contribution >= 4 is 41.7 Å². The zero-order chi connectivity index (χ0) is 21.0. The number of hydrogen-bond acceptors (Lipinski definition) is 4. The number of rotatable bonds is 4. The summed E-state index contributed by atoms with van der Waals surface area (Å²) in [5.41, 5.74) is 8.15. The number of halogens is 2. The van der Waals surface area contributed by atoms with Crippen molar-refractivity contribution in [3.05, 3.63) is 70.2 Å². The van der Waals surface area contributed by atoms with Gasteiger partial charge in [-0.15, -0.1) is 12.4 Å². The Morgan fingerprint density at radius 3 is 2.32 bits per heavy atom. The highest BCUT2D eigenvalue weighted by molar-refractivity contribution is 6.30. The smallest absolute Gasteiger partial charge is 0.235 e. The number of likely N-dealkylation sites (tertiary alicyclic amines) is 1. The van der Waals surface area contributed by atoms with E-state index >= 15 is 0 Å². The van der Waals surface area contributed by atoms with Crippen LogP contribution in [0.2, 0.25) is 5.02 Å². The lowest BCUT2D eigenvalue weighted by Gasteiger charge is -2.29. The maximum absolute atomic E-state index is 13.5. The molecule has 0 unspecified atom stereocenters. The Bertz CT molecular complexity index is 1020. The van der Waals surface area contributed by atoms with E-state index < -0.39 is 0 Å². The van der Waals surface area contributed by atoms with Crippen LogP contribution < -0.4 is 5.73 Å². The Morgan fingerprint density at radius 2 is 1.68 bits per heavy atom. The summed E-state index contributed by atoms with van der Waals surface area (Å²) < 4.78 is 0. The number of carbonyl (C=O) groups excluding carboxylic acids is 2. The normalized spacial score (nSPS) is 27.2. The fraction of sp³-hybridized carbons (Fsp3) is 0.348. The summed E-state index contributed by atoms with van der Waals surface area (Å²) in [4.78, 5) is 30.6. The molecule has 2 amide bonds. The second-order valence-electron chi connectivity index (χ2n) is 8.37. The summed E-state index contributed by atoms with van der Waals surface area (Å²) in [7, 11) is 0. The SMILES string of the molecule is Cl.N=C(N)c1ccc([C@H]2[C@H]3C(=O)N(Cc4ccc(Cl)cc4)C(=O)[C@H]3[C@@H]3CCCN32)cc1. The second-order valence-corrected chi connectivity index (χ2v) is 8.81. The van der Waals surface area contributed by atoms with E-state index in [1.54, 1.807) is 12.1 Å². The topological polar surface area (TPSA) is 90.5 Å². The number of nitrogens with zero attached hydrogens (tertiary/aromatic N) is 2. The van der Waals surface area contributed by atoms with Crippen LogP contribution >= 0.6 is 24.0 Å². The standard InChI is InChI=1S/C23H23ClN4O2.ClH/c24-16-9-3-13(4-10-16)12-28-22(29)18-17-2-1-11-27(17)20(19(18)23(28)30)14-5-7-15(8-6-14)21(25)26;/h3-10,17-20H,1-2,11-12H2,(H3,25,26);1H/t17-,18-,19-,20-;/m0./s1. The highest BCUT2D eigenvalue weighted by Crippen LogP contribution is 2.53. The van der Waals surface area contributed by atoms with Gasteiger partial charge >= 0.3 is 0 Å². The maximum atomic E-state index is 13.5. The van der Waals surface area contributed by atoms with Crippen LogP contribution in [0, 0.1) is 17.2 Å². The molecule has 31 heavy (non-hydrogen) atoms. The molecule has 0 aromatic heterocycles. The average Bonchev–Trinajstić information content (AvgIpc) is 3.38. The molecule has 3 fully saturated rings. The summed E-state index contributed by atoms with van der Waals surface area (Å²) in [6, 6.07) is 14.8. The Balaban J connectivity index is 0.00000231. The van der Waals surface area contributed by atoms with Crippen LogP contribution in [-0.4, -0.2) is 40.0 Å². The molecule has 0 saturated carbocycles. The number of carbonyl (C=O) groups is 2. The molecule has 0 spiro atoms. The van der Waals surface area contributed by atoms with Gasteiger partial charge in [0.15, 0.2) is 0 Å². The van der Waals surface area contributed by atoms with E-state index in [9.17, 15) is 9.59 Å². The van der Waals surface area contributed by atoms with E-state index in [1.165, 1.54) is 4.90 Å². The molecule has 0 radical (unpaired) electrons. The van der Waals surface area contributed by atoms with E-state index in [4.69, 9.17) is 22.7 Å². The molecule has 3 N–H and O–H groups in total. The molecular weight excluding hydrogens is 435 g/mol. The third kappa shape index (κ3) is 3.53. The van der Waals surface area contributed by atoms with Crippen LogP contribution in [0.25, 0.3) is 0 Å². The number of benzene rings is 2. The van der Waals surface area contributed by atoms with Crippen LogP contribution in [0.5, 0.6) is 0 Å². The monoisotopic (exact) mass is 458 g/mol. The fourth-order valence-electron chi connectivity index (χ4n) is 5.45. The molecule has 2 aromatic rings. The van der Waals surface area contributed by atoms with Gasteiger partial charge in [-0.3, -0.25) is 24.8 Å². The zero-order valence-corrected chi connectivity index (χ0v) is 18.4. The molecule has 2 aromatic carbocycles. The minimum absolute atomic E-state index is 0. The molecule has 0 aliphatic carbocycles. The van der Waals surface area contributed by atoms with Crippen molar-refractivity contribution in [3.63, 3.8) is 0 Å². The van der Waals surface area contributed by atoms with Crippen molar-refractivity contribution in [2.24, 2.45) is 17.6 Å². The largest absolute Gasteiger partial charge is 0.384 e. The molecule has 3 heterocycles. The van der Waals surface area contributed by atoms with Gasteiger partial charge in [-0.1, -0.05) is 48.0 Å². The number of nitrogen functional groups attached to an aromatic ring is 1. The molecule has 8 heteroatoms. The maximum Gasteiger partial charge on any atom is 0.235 e. The first-order valence-electron chi connectivity index (χ1n) is 10.3. The zero-order valence-electron chi connectivity index (χ0n) is 16.8. The number of hydrogen-bond donors (Lipinski definition) is 2. The van der Waals surface area contributed by atoms with E-state index in [1.807, 2.05) is 36.4 Å². The van der Waals surface area contributed by atoms with E-state index in [0.29, 0.717) is 10.6 Å². The van der Waals surface area contributed by atoms with E-state index in [-0.39, 0.29) is 60.5 Å². The first-order chi connectivity index (χ1) is 14.5. The van der Waals surface area contributed by atoms with Crippen molar-refractivity contribution in [1.82, 2.24) is 9.80 Å². The van der Waals surface area contributed by atoms with Gasteiger partial charge in [0.2, 0.25) is 11.8 Å². The van der Waals surface area contributed by atoms with Gasteiger partial charge in [-0.25, -0.2) is 0 Å². The molecule has 3 saturated heterocycles. The molecule has 0 bridgehead atoms. The van der Waals surface area contributed by atoms with Gasteiger partial charge in [0.05, 0.1) is 18.4 Å². The molecule has 6 nitrogen and oxygen atoms in total. The predicted molar refractivity (Wildman–Crippen MR) is 121 cm³/mol. The molecule has 3 aliphatic heterocycles. The number of nitrogens with one attached hydrogen (secondary N) is 1. The molecule has 4 atom stereocenters. The van der Waals surface area contributed by atoms with E-state index in [2.05, 4.69) is 4.90 Å². The number of imide groups is 1. The first-order valence-corrected chi connectivity index (χ1v) is 10.6. The van der Waals surface area contributed by atoms with Gasteiger partial charge in [0.1, 0.15) is 5.84 Å². The number of nitrogens with two attached hydrogens (primary N) is 1. The number of amidine groups is 1. The van der Waals surface area contributed by atoms with Crippen molar-refractivity contribution in [2.75, 3.05) is 6.54 Å². The minimum atomic E-state index is -0.363. The minimum Gasteiger partial charge on any atom is -0.384 e. The third-order valence-electron chi connectivity index (χ3n) is 6.76. The van der Waals surface area contributed by atoms with Crippen molar-refractivity contribution in [3.8, 4) is 0 Å². The highest BCUT2D eigenvalue weighted by atomic mass is 35.5. The van der Waals surface area contributed by atoms with Gasteiger partial charge < -0.3 is 5.73 Å². The lowest BCUT2D eigenvalue weighted by atomic mass is 9.85. The predicted octanol–water partition coefficient (Wildman–Crippen LogP) is 3.37. The fourth-order valence-corrected chi connectivity index (χ4v) is 5.58. The lowest BCUT2D eigenvalue weighted by Crippen LogP contribution is -2.38. The highest BCUT2D eigenvalue weighted by Gasteiger charge is 2.62. The summed E-state index contributed by atoms with van der Waals surface area (Å²) in [5.74, 6) is -0.774. The summed E-state index contributed by atoms with van der Waals surface area (Å²) in [6.45, 7) is 1.18.